The zero-order chi connectivity index (χ0) is 18.9. The number of pyridine rings is 1. The van der Waals surface area contributed by atoms with Gasteiger partial charge in [0.25, 0.3) is 0 Å². The van der Waals surface area contributed by atoms with Crippen molar-refractivity contribution in [3.8, 4) is 0 Å². The quantitative estimate of drug-likeness (QED) is 0.332. The van der Waals surface area contributed by atoms with E-state index in [1.807, 2.05) is 12.1 Å². The van der Waals surface area contributed by atoms with E-state index in [-0.39, 0.29) is 29.0 Å². The lowest BCUT2D eigenvalue weighted by Crippen LogP contribution is -2.21. The zero-order valence-corrected chi connectivity index (χ0v) is 15.1. The third kappa shape index (κ3) is 6.29. The fraction of sp³-hybridized carbons (Fsp3) is 0.263. The van der Waals surface area contributed by atoms with E-state index in [0.717, 1.165) is 18.4 Å². The Morgan fingerprint density at radius 2 is 1.85 bits per heavy atom. The van der Waals surface area contributed by atoms with Crippen LogP contribution in [0.15, 0.2) is 42.6 Å². The van der Waals surface area contributed by atoms with Gasteiger partial charge in [0.1, 0.15) is 5.15 Å². The molecule has 1 N–H and O–H groups in total. The molecule has 0 unspecified atom stereocenters. The number of nitrogens with one attached hydrogen (secondary N) is 1. The lowest BCUT2D eigenvalue weighted by atomic mass is 10.1. The molecule has 1 aromatic heterocycles. The summed E-state index contributed by atoms with van der Waals surface area (Å²) in [4.78, 5) is 38.6. The van der Waals surface area contributed by atoms with Gasteiger partial charge in [-0.3, -0.25) is 9.59 Å². The highest BCUT2D eigenvalue weighted by molar-refractivity contribution is 6.29. The largest absolute Gasteiger partial charge is 0.454 e. The Labute approximate surface area is 156 Å². The molecule has 136 valence electrons. The lowest BCUT2D eigenvalue weighted by Gasteiger charge is -2.06. The summed E-state index contributed by atoms with van der Waals surface area (Å²) in [5.41, 5.74) is 1.78. The second-order valence-corrected chi connectivity index (χ2v) is 6.04. The van der Waals surface area contributed by atoms with E-state index in [1.54, 1.807) is 12.1 Å². The Hall–Kier alpha value is -2.73. The van der Waals surface area contributed by atoms with Gasteiger partial charge in [-0.25, -0.2) is 9.78 Å². The molecule has 0 radical (unpaired) electrons. The van der Waals surface area contributed by atoms with Crippen LogP contribution >= 0.6 is 11.6 Å². The molecule has 0 aliphatic heterocycles. The molecule has 0 aliphatic rings. The maximum Gasteiger partial charge on any atom is 0.338 e. The highest BCUT2D eigenvalue weighted by Gasteiger charge is 2.12. The van der Waals surface area contributed by atoms with Crippen LogP contribution in [-0.2, 0) is 16.0 Å². The lowest BCUT2D eigenvalue weighted by molar-refractivity contribution is -0.118. The van der Waals surface area contributed by atoms with Gasteiger partial charge in [0.15, 0.2) is 12.4 Å². The Kier molecular flexibility index (Phi) is 7.29. The van der Waals surface area contributed by atoms with Gasteiger partial charge in [0.05, 0.1) is 5.56 Å². The van der Waals surface area contributed by atoms with Gasteiger partial charge < -0.3 is 10.1 Å². The summed E-state index contributed by atoms with van der Waals surface area (Å²) in [6, 6.07) is 9.95. The van der Waals surface area contributed by atoms with Gasteiger partial charge in [-0.1, -0.05) is 35.9 Å². The van der Waals surface area contributed by atoms with Crippen LogP contribution in [0.1, 0.15) is 39.6 Å². The molecule has 7 heteroatoms. The molecule has 2 rings (SSSR count). The monoisotopic (exact) mass is 374 g/mol. The number of halogens is 1. The standard InChI is InChI=1S/C19H19ClN2O4/c1-13(23)21-9-2-3-14-4-6-15(7-5-14)17(24)12-26-19(25)16-8-10-22-18(20)11-16/h4-8,10-11H,2-3,9,12H2,1H3,(H,21,23). The predicted molar refractivity (Wildman–Crippen MR) is 97.3 cm³/mol. The molecule has 0 spiro atoms. The number of aryl methyl sites for hydroxylation is 1. The molecule has 0 atom stereocenters. The topological polar surface area (TPSA) is 85.4 Å². The maximum absolute atomic E-state index is 12.1. The molecule has 6 nitrogen and oxygen atoms in total. The van der Waals surface area contributed by atoms with Crippen molar-refractivity contribution in [1.82, 2.24) is 10.3 Å². The SMILES string of the molecule is CC(=O)NCCCc1ccc(C(=O)COC(=O)c2ccnc(Cl)c2)cc1. The number of Topliss-reactive ketones (excluding diaryl/α,β-unsaturated/α-hetero) is 1. The zero-order valence-electron chi connectivity index (χ0n) is 14.3. The highest BCUT2D eigenvalue weighted by atomic mass is 35.5. The Bertz CT molecular complexity index is 790. The number of carbonyl (C=O) groups is 3. The molecule has 0 aliphatic carbocycles. The number of aromatic nitrogens is 1. The Balaban J connectivity index is 1.82. The number of carbonyl (C=O) groups excluding carboxylic acids is 3. The Morgan fingerprint density at radius 1 is 1.12 bits per heavy atom. The number of esters is 1. The second-order valence-electron chi connectivity index (χ2n) is 5.65. The third-order valence-corrected chi connectivity index (χ3v) is 3.80. The van der Waals surface area contributed by atoms with E-state index in [9.17, 15) is 14.4 Å². The van der Waals surface area contributed by atoms with Crippen LogP contribution in [0.25, 0.3) is 0 Å². The van der Waals surface area contributed by atoms with Gasteiger partial charge in [-0.05, 0) is 30.5 Å². The number of amides is 1. The Morgan fingerprint density at radius 3 is 2.50 bits per heavy atom. The van der Waals surface area contributed by atoms with Gasteiger partial charge in [0.2, 0.25) is 5.91 Å². The third-order valence-electron chi connectivity index (χ3n) is 3.59. The normalized spacial score (nSPS) is 10.2. The average Bonchev–Trinajstić information content (AvgIpc) is 2.63. The van der Waals surface area contributed by atoms with Crippen LogP contribution in [0.5, 0.6) is 0 Å². The predicted octanol–water partition coefficient (Wildman–Crippen LogP) is 2.84. The molecular weight excluding hydrogens is 356 g/mol. The average molecular weight is 375 g/mol. The smallest absolute Gasteiger partial charge is 0.338 e. The summed E-state index contributed by atoms with van der Waals surface area (Å²) in [5.74, 6) is -0.963. The first kappa shape index (κ1) is 19.6. The molecule has 0 fully saturated rings. The van der Waals surface area contributed by atoms with Crippen LogP contribution in [0.2, 0.25) is 5.15 Å². The summed E-state index contributed by atoms with van der Waals surface area (Å²) >= 11 is 5.72. The number of benzene rings is 1. The van der Waals surface area contributed by atoms with Crippen LogP contribution in [-0.4, -0.2) is 35.8 Å². The molecule has 1 heterocycles. The van der Waals surface area contributed by atoms with Crippen LogP contribution < -0.4 is 5.32 Å². The number of hydrogen-bond donors (Lipinski definition) is 1. The maximum atomic E-state index is 12.1. The van der Waals surface area contributed by atoms with Gasteiger partial charge in [-0.2, -0.15) is 0 Å². The molecule has 26 heavy (non-hydrogen) atoms. The van der Waals surface area contributed by atoms with E-state index < -0.39 is 5.97 Å². The molecular formula is C19H19ClN2O4. The van der Waals surface area contributed by atoms with Crippen molar-refractivity contribution in [3.05, 3.63) is 64.4 Å². The molecule has 1 amide bonds. The minimum absolute atomic E-state index is 0.0467. The minimum atomic E-state index is -0.628. The van der Waals surface area contributed by atoms with Crippen molar-refractivity contribution in [2.45, 2.75) is 19.8 Å². The first-order valence-corrected chi connectivity index (χ1v) is 8.49. The summed E-state index contributed by atoms with van der Waals surface area (Å²) in [5, 5.41) is 2.92. The minimum Gasteiger partial charge on any atom is -0.454 e. The van der Waals surface area contributed by atoms with E-state index in [4.69, 9.17) is 16.3 Å². The number of nitrogens with zero attached hydrogens (tertiary/aromatic N) is 1. The molecule has 0 saturated heterocycles. The fourth-order valence-electron chi connectivity index (χ4n) is 2.24. The van der Waals surface area contributed by atoms with Crippen molar-refractivity contribution in [2.24, 2.45) is 0 Å². The first-order chi connectivity index (χ1) is 12.5. The highest BCUT2D eigenvalue weighted by Crippen LogP contribution is 2.10. The summed E-state index contributed by atoms with van der Waals surface area (Å²) in [6.45, 7) is 1.75. The van der Waals surface area contributed by atoms with Crippen molar-refractivity contribution in [2.75, 3.05) is 13.2 Å². The van der Waals surface area contributed by atoms with Crippen LogP contribution in [0.4, 0.5) is 0 Å². The fourth-order valence-corrected chi connectivity index (χ4v) is 2.42. The summed E-state index contributed by atoms with van der Waals surface area (Å²) < 4.78 is 5.02. The van der Waals surface area contributed by atoms with Gasteiger partial charge in [-0.15, -0.1) is 0 Å². The summed E-state index contributed by atoms with van der Waals surface area (Å²) in [7, 11) is 0. The van der Waals surface area contributed by atoms with E-state index >= 15 is 0 Å². The second kappa shape index (κ2) is 9.68. The number of ketones is 1. The van der Waals surface area contributed by atoms with Gasteiger partial charge in [0, 0.05) is 25.2 Å². The van der Waals surface area contributed by atoms with Crippen molar-refractivity contribution >= 4 is 29.3 Å². The molecule has 1 aromatic carbocycles. The number of ether oxygens (including phenoxy) is 1. The van der Waals surface area contributed by atoms with Crippen LogP contribution in [0.3, 0.4) is 0 Å². The van der Waals surface area contributed by atoms with Crippen molar-refractivity contribution in [3.63, 3.8) is 0 Å². The first-order valence-electron chi connectivity index (χ1n) is 8.11. The van der Waals surface area contributed by atoms with Gasteiger partial charge >= 0.3 is 5.97 Å². The number of rotatable bonds is 8. The molecule has 0 saturated carbocycles. The summed E-state index contributed by atoms with van der Waals surface area (Å²) in [6.07, 6.45) is 3.01. The molecule has 0 bridgehead atoms. The van der Waals surface area contributed by atoms with E-state index in [2.05, 4.69) is 10.3 Å². The molecule has 2 aromatic rings. The van der Waals surface area contributed by atoms with Crippen molar-refractivity contribution in [1.29, 1.82) is 0 Å². The number of hydrogen-bond acceptors (Lipinski definition) is 5. The van der Waals surface area contributed by atoms with E-state index in [1.165, 1.54) is 25.3 Å². The van der Waals surface area contributed by atoms with Crippen molar-refractivity contribution < 1.29 is 19.1 Å². The van der Waals surface area contributed by atoms with Crippen LogP contribution in [0, 0.1) is 0 Å². The van der Waals surface area contributed by atoms with E-state index in [0.29, 0.717) is 12.1 Å².